The summed E-state index contributed by atoms with van der Waals surface area (Å²) in [6.45, 7) is 2.65. The second-order valence-corrected chi connectivity index (χ2v) is 8.44. The van der Waals surface area contributed by atoms with Gasteiger partial charge in [0.25, 0.3) is 5.91 Å². The number of furan rings is 1. The number of aromatic nitrogens is 2. The normalized spacial score (nSPS) is 10.7. The van der Waals surface area contributed by atoms with E-state index in [-0.39, 0.29) is 18.5 Å². The van der Waals surface area contributed by atoms with E-state index in [1.807, 2.05) is 35.9 Å². The molecule has 3 heterocycles. The first-order valence-electron chi connectivity index (χ1n) is 11.7. The van der Waals surface area contributed by atoms with Crippen molar-refractivity contribution in [1.82, 2.24) is 14.7 Å². The highest BCUT2D eigenvalue weighted by Crippen LogP contribution is 2.18. The average molecular weight is 496 g/mol. The number of carbonyl (C=O) groups is 2. The van der Waals surface area contributed by atoms with Crippen LogP contribution in [0.2, 0.25) is 0 Å². The number of fused-ring (bicyclic) bond motifs is 1. The van der Waals surface area contributed by atoms with E-state index in [0.717, 1.165) is 16.9 Å². The standard InChI is InChI=1S/C28H25N5O4/c1-19-4-13-26-30-23(17-33(26)16-19)18-37-24-11-5-20(6-12-24)27(34)31-21-7-9-22(10-8-21)32-28(35)29-15-25-3-2-14-36-25/h2-14,16-17H,15,18H2,1H3,(H,31,34)(H2,29,32,35). The summed E-state index contributed by atoms with van der Waals surface area (Å²) in [7, 11) is 0. The molecule has 3 N–H and O–H groups in total. The zero-order chi connectivity index (χ0) is 25.6. The zero-order valence-electron chi connectivity index (χ0n) is 20.1. The first-order valence-corrected chi connectivity index (χ1v) is 11.7. The van der Waals surface area contributed by atoms with Crippen LogP contribution in [0.4, 0.5) is 16.2 Å². The van der Waals surface area contributed by atoms with Crippen LogP contribution >= 0.6 is 0 Å². The smallest absolute Gasteiger partial charge is 0.319 e. The Morgan fingerprint density at radius 1 is 0.919 bits per heavy atom. The Kier molecular flexibility index (Phi) is 6.84. The van der Waals surface area contributed by atoms with E-state index in [1.165, 1.54) is 0 Å². The number of nitrogens with zero attached hydrogens (tertiary/aromatic N) is 2. The maximum absolute atomic E-state index is 12.6. The third kappa shape index (κ3) is 6.15. The van der Waals surface area contributed by atoms with E-state index >= 15 is 0 Å². The van der Waals surface area contributed by atoms with Crippen LogP contribution in [0.5, 0.6) is 5.75 Å². The molecule has 3 amide bonds. The molecule has 0 saturated carbocycles. The molecule has 0 aliphatic carbocycles. The number of hydrogen-bond acceptors (Lipinski definition) is 5. The van der Waals surface area contributed by atoms with Crippen molar-refractivity contribution in [2.45, 2.75) is 20.1 Å². The van der Waals surface area contributed by atoms with Crippen LogP contribution in [0.3, 0.4) is 0 Å². The SMILES string of the molecule is Cc1ccc2nc(COc3ccc(C(=O)Nc4ccc(NC(=O)NCc5ccco5)cc4)cc3)cn2c1. The molecular weight excluding hydrogens is 470 g/mol. The minimum Gasteiger partial charge on any atom is -0.487 e. The van der Waals surface area contributed by atoms with E-state index in [9.17, 15) is 9.59 Å². The fourth-order valence-corrected chi connectivity index (χ4v) is 3.68. The number of urea groups is 1. The number of hydrogen-bond donors (Lipinski definition) is 3. The van der Waals surface area contributed by atoms with E-state index in [1.54, 1.807) is 66.9 Å². The fourth-order valence-electron chi connectivity index (χ4n) is 3.68. The molecule has 0 atom stereocenters. The Bertz CT molecular complexity index is 1510. The minimum absolute atomic E-state index is 0.251. The van der Waals surface area contributed by atoms with Crippen molar-refractivity contribution in [3.63, 3.8) is 0 Å². The lowest BCUT2D eigenvalue weighted by Crippen LogP contribution is -2.27. The lowest BCUT2D eigenvalue weighted by Gasteiger charge is -2.09. The molecule has 2 aromatic carbocycles. The molecule has 0 saturated heterocycles. The van der Waals surface area contributed by atoms with Gasteiger partial charge >= 0.3 is 6.03 Å². The summed E-state index contributed by atoms with van der Waals surface area (Å²) in [5, 5.41) is 8.28. The molecule has 0 bridgehead atoms. The van der Waals surface area contributed by atoms with Gasteiger partial charge in [0.2, 0.25) is 0 Å². The van der Waals surface area contributed by atoms with Crippen molar-refractivity contribution in [1.29, 1.82) is 0 Å². The molecule has 0 radical (unpaired) electrons. The summed E-state index contributed by atoms with van der Waals surface area (Å²) in [5.74, 6) is 1.05. The Labute approximate surface area is 213 Å². The molecular formula is C28H25N5O4. The first-order chi connectivity index (χ1) is 18.0. The van der Waals surface area contributed by atoms with Gasteiger partial charge in [0.15, 0.2) is 0 Å². The number of nitrogens with one attached hydrogen (secondary N) is 3. The van der Waals surface area contributed by atoms with Crippen molar-refractivity contribution in [3.8, 4) is 5.75 Å². The Morgan fingerprint density at radius 2 is 1.68 bits per heavy atom. The van der Waals surface area contributed by atoms with Gasteiger partial charge in [-0.2, -0.15) is 0 Å². The number of rotatable bonds is 8. The summed E-state index contributed by atoms with van der Waals surface area (Å²) in [6, 6.07) is 20.9. The van der Waals surface area contributed by atoms with Crippen molar-refractivity contribution in [2.75, 3.05) is 10.6 Å². The van der Waals surface area contributed by atoms with Gasteiger partial charge in [0.05, 0.1) is 18.5 Å². The van der Waals surface area contributed by atoms with Crippen molar-refractivity contribution in [2.24, 2.45) is 0 Å². The number of ether oxygens (including phenoxy) is 1. The second kappa shape index (κ2) is 10.7. The van der Waals surface area contributed by atoms with E-state index in [0.29, 0.717) is 35.1 Å². The highest BCUT2D eigenvalue weighted by atomic mass is 16.5. The van der Waals surface area contributed by atoms with Gasteiger partial charge in [-0.05, 0) is 79.2 Å². The van der Waals surface area contributed by atoms with Gasteiger partial charge in [0.1, 0.15) is 23.8 Å². The molecule has 0 fully saturated rings. The maximum Gasteiger partial charge on any atom is 0.319 e. The third-order valence-electron chi connectivity index (χ3n) is 5.56. The van der Waals surface area contributed by atoms with E-state index in [4.69, 9.17) is 9.15 Å². The van der Waals surface area contributed by atoms with Gasteiger partial charge in [-0.25, -0.2) is 9.78 Å². The zero-order valence-corrected chi connectivity index (χ0v) is 20.1. The highest BCUT2D eigenvalue weighted by Gasteiger charge is 2.09. The van der Waals surface area contributed by atoms with Gasteiger partial charge in [-0.3, -0.25) is 4.79 Å². The number of aryl methyl sites for hydroxylation is 1. The molecule has 9 nitrogen and oxygen atoms in total. The van der Waals surface area contributed by atoms with Crippen LogP contribution in [0.25, 0.3) is 5.65 Å². The van der Waals surface area contributed by atoms with Crippen molar-refractivity contribution >= 4 is 29.0 Å². The molecule has 0 aliphatic heterocycles. The fraction of sp³-hybridized carbons (Fsp3) is 0.107. The minimum atomic E-state index is -0.355. The van der Waals surface area contributed by atoms with Crippen LogP contribution in [0.15, 0.2) is 95.9 Å². The number of carbonyl (C=O) groups excluding carboxylic acids is 2. The number of pyridine rings is 1. The largest absolute Gasteiger partial charge is 0.487 e. The molecule has 5 rings (SSSR count). The predicted molar refractivity (Wildman–Crippen MR) is 140 cm³/mol. The Morgan fingerprint density at radius 3 is 2.41 bits per heavy atom. The molecule has 37 heavy (non-hydrogen) atoms. The lowest BCUT2D eigenvalue weighted by molar-refractivity contribution is 0.102. The van der Waals surface area contributed by atoms with Gasteiger partial charge in [-0.1, -0.05) is 6.07 Å². The number of amides is 3. The third-order valence-corrected chi connectivity index (χ3v) is 5.56. The van der Waals surface area contributed by atoms with Gasteiger partial charge < -0.3 is 29.5 Å². The summed E-state index contributed by atoms with van der Waals surface area (Å²) in [5.41, 5.74) is 4.54. The number of benzene rings is 2. The molecule has 186 valence electrons. The Balaban J connectivity index is 1.10. The molecule has 0 aliphatic rings. The molecule has 9 heteroatoms. The number of anilines is 2. The van der Waals surface area contributed by atoms with Crippen LogP contribution in [-0.2, 0) is 13.2 Å². The van der Waals surface area contributed by atoms with E-state index in [2.05, 4.69) is 20.9 Å². The lowest BCUT2D eigenvalue weighted by atomic mass is 10.2. The first kappa shape index (κ1) is 23.7. The van der Waals surface area contributed by atoms with Gasteiger partial charge in [0, 0.05) is 29.3 Å². The molecule has 0 spiro atoms. The molecule has 0 unspecified atom stereocenters. The summed E-state index contributed by atoms with van der Waals surface area (Å²) < 4.78 is 13.0. The molecule has 3 aromatic heterocycles. The Hall–Kier alpha value is -5.05. The summed E-state index contributed by atoms with van der Waals surface area (Å²) in [6.07, 6.45) is 5.51. The van der Waals surface area contributed by atoms with Crippen LogP contribution in [0.1, 0.15) is 27.4 Å². The molecule has 5 aromatic rings. The quantitative estimate of drug-likeness (QED) is 0.267. The van der Waals surface area contributed by atoms with Gasteiger partial charge in [-0.15, -0.1) is 0 Å². The average Bonchev–Trinajstić information content (AvgIpc) is 3.57. The van der Waals surface area contributed by atoms with Crippen LogP contribution < -0.4 is 20.7 Å². The van der Waals surface area contributed by atoms with Crippen molar-refractivity contribution < 1.29 is 18.7 Å². The maximum atomic E-state index is 12.6. The van der Waals surface area contributed by atoms with Crippen LogP contribution in [-0.4, -0.2) is 21.3 Å². The number of imidazole rings is 1. The van der Waals surface area contributed by atoms with Crippen molar-refractivity contribution in [3.05, 3.63) is 114 Å². The van der Waals surface area contributed by atoms with Crippen LogP contribution in [0, 0.1) is 6.92 Å². The summed E-state index contributed by atoms with van der Waals surface area (Å²) >= 11 is 0. The highest BCUT2D eigenvalue weighted by molar-refractivity contribution is 6.04. The topological polar surface area (TPSA) is 110 Å². The second-order valence-electron chi connectivity index (χ2n) is 8.44. The van der Waals surface area contributed by atoms with E-state index < -0.39 is 0 Å². The monoisotopic (exact) mass is 495 g/mol. The predicted octanol–water partition coefficient (Wildman–Crippen LogP) is 5.39. The summed E-state index contributed by atoms with van der Waals surface area (Å²) in [4.78, 5) is 29.2.